The zero-order valence-electron chi connectivity index (χ0n) is 9.32. The number of halogens is 2. The lowest BCUT2D eigenvalue weighted by molar-refractivity contribution is 0.0958. The summed E-state index contributed by atoms with van der Waals surface area (Å²) in [5, 5.41) is 3.19. The van der Waals surface area contributed by atoms with Crippen LogP contribution in [0.2, 0.25) is 10.2 Å². The smallest absolute Gasteiger partial charge is 0.264 e. The molecule has 1 amide bonds. The Morgan fingerprint density at radius 3 is 2.61 bits per heavy atom. The lowest BCUT2D eigenvalue weighted by Gasteiger charge is -2.03. The standard InChI is InChI=1S/C12H10Cl2N2OS/c13-9-10(18-16-11(9)14)12(17)15-7-6-8-4-2-1-3-5-8/h1-5H,6-7H2,(H,15,17). The largest absolute Gasteiger partial charge is 0.351 e. The van der Waals surface area contributed by atoms with Crippen LogP contribution in [0.15, 0.2) is 30.3 Å². The van der Waals surface area contributed by atoms with E-state index in [9.17, 15) is 4.79 Å². The summed E-state index contributed by atoms with van der Waals surface area (Å²) in [6.45, 7) is 0.550. The molecular formula is C12H10Cl2N2OS. The monoisotopic (exact) mass is 300 g/mol. The Balaban J connectivity index is 1.88. The van der Waals surface area contributed by atoms with Crippen molar-refractivity contribution in [2.75, 3.05) is 6.54 Å². The molecule has 1 aromatic heterocycles. The third kappa shape index (κ3) is 3.22. The molecule has 0 unspecified atom stereocenters. The zero-order chi connectivity index (χ0) is 13.0. The van der Waals surface area contributed by atoms with Crippen LogP contribution >= 0.6 is 34.7 Å². The van der Waals surface area contributed by atoms with Crippen molar-refractivity contribution in [3.8, 4) is 0 Å². The average Bonchev–Trinajstić information content (AvgIpc) is 2.71. The fourth-order valence-electron chi connectivity index (χ4n) is 1.45. The van der Waals surface area contributed by atoms with Crippen LogP contribution in [0.1, 0.15) is 15.2 Å². The SMILES string of the molecule is O=C(NCCc1ccccc1)c1snc(Cl)c1Cl. The number of aromatic nitrogens is 1. The topological polar surface area (TPSA) is 42.0 Å². The van der Waals surface area contributed by atoms with Crippen LogP contribution < -0.4 is 5.32 Å². The van der Waals surface area contributed by atoms with E-state index in [4.69, 9.17) is 23.2 Å². The number of amides is 1. The van der Waals surface area contributed by atoms with E-state index in [2.05, 4.69) is 9.69 Å². The van der Waals surface area contributed by atoms with Crippen molar-refractivity contribution < 1.29 is 4.79 Å². The van der Waals surface area contributed by atoms with E-state index in [1.165, 1.54) is 5.56 Å². The number of nitrogens with zero attached hydrogens (tertiary/aromatic N) is 1. The molecule has 0 radical (unpaired) electrons. The molecule has 0 aliphatic carbocycles. The van der Waals surface area contributed by atoms with Crippen molar-refractivity contribution in [3.63, 3.8) is 0 Å². The number of rotatable bonds is 4. The first-order valence-corrected chi connectivity index (χ1v) is 6.84. The molecule has 0 aliphatic rings. The van der Waals surface area contributed by atoms with Crippen LogP contribution in [0.4, 0.5) is 0 Å². The molecule has 2 rings (SSSR count). The van der Waals surface area contributed by atoms with Gasteiger partial charge in [0.15, 0.2) is 5.15 Å². The Kier molecular flexibility index (Phi) is 4.58. The van der Waals surface area contributed by atoms with E-state index in [1.54, 1.807) is 0 Å². The summed E-state index contributed by atoms with van der Waals surface area (Å²) in [6.07, 6.45) is 0.775. The van der Waals surface area contributed by atoms with E-state index < -0.39 is 0 Å². The number of carbonyl (C=O) groups excluding carboxylic acids is 1. The van der Waals surface area contributed by atoms with Gasteiger partial charge in [0.05, 0.1) is 0 Å². The first-order valence-electron chi connectivity index (χ1n) is 5.31. The van der Waals surface area contributed by atoms with Crippen LogP contribution in [0.3, 0.4) is 0 Å². The van der Waals surface area contributed by atoms with Gasteiger partial charge in [0.25, 0.3) is 5.91 Å². The highest BCUT2D eigenvalue weighted by atomic mass is 35.5. The number of benzene rings is 1. The lowest BCUT2D eigenvalue weighted by Crippen LogP contribution is -2.25. The number of carbonyl (C=O) groups is 1. The van der Waals surface area contributed by atoms with Gasteiger partial charge in [0.2, 0.25) is 0 Å². The summed E-state index contributed by atoms with van der Waals surface area (Å²) in [6, 6.07) is 9.93. The second-order valence-electron chi connectivity index (χ2n) is 3.61. The second kappa shape index (κ2) is 6.18. The third-order valence-corrected chi connectivity index (χ3v) is 4.14. The maximum Gasteiger partial charge on any atom is 0.264 e. The first-order chi connectivity index (χ1) is 8.68. The molecule has 1 N–H and O–H groups in total. The van der Waals surface area contributed by atoms with Gasteiger partial charge in [-0.3, -0.25) is 4.79 Å². The van der Waals surface area contributed by atoms with Gasteiger partial charge in [-0.2, -0.15) is 4.37 Å². The molecule has 0 fully saturated rings. The molecule has 0 saturated carbocycles. The highest BCUT2D eigenvalue weighted by Crippen LogP contribution is 2.28. The van der Waals surface area contributed by atoms with E-state index in [-0.39, 0.29) is 16.1 Å². The first kappa shape index (κ1) is 13.3. The van der Waals surface area contributed by atoms with Gasteiger partial charge in [-0.15, -0.1) is 0 Å². The second-order valence-corrected chi connectivity index (χ2v) is 5.12. The maximum atomic E-state index is 11.8. The molecule has 0 bridgehead atoms. The Hall–Kier alpha value is -1.10. The van der Waals surface area contributed by atoms with E-state index in [0.717, 1.165) is 18.0 Å². The summed E-state index contributed by atoms with van der Waals surface area (Å²) >= 11 is 12.6. The zero-order valence-corrected chi connectivity index (χ0v) is 11.6. The molecule has 18 heavy (non-hydrogen) atoms. The van der Waals surface area contributed by atoms with Gasteiger partial charge in [-0.25, -0.2) is 0 Å². The fourth-order valence-corrected chi connectivity index (χ4v) is 2.58. The van der Waals surface area contributed by atoms with Crippen molar-refractivity contribution in [2.45, 2.75) is 6.42 Å². The number of nitrogens with one attached hydrogen (secondary N) is 1. The number of hydrogen-bond donors (Lipinski definition) is 1. The van der Waals surface area contributed by atoms with Gasteiger partial charge in [0, 0.05) is 6.54 Å². The molecule has 0 atom stereocenters. The van der Waals surface area contributed by atoms with Crippen LogP contribution in [-0.2, 0) is 6.42 Å². The van der Waals surface area contributed by atoms with Crippen LogP contribution in [0.5, 0.6) is 0 Å². The van der Waals surface area contributed by atoms with Gasteiger partial charge < -0.3 is 5.32 Å². The van der Waals surface area contributed by atoms with Crippen LogP contribution in [0, 0.1) is 0 Å². The Labute approximate surface area is 119 Å². The Bertz CT molecular complexity index is 542. The van der Waals surface area contributed by atoms with Gasteiger partial charge in [-0.1, -0.05) is 53.5 Å². The molecule has 0 saturated heterocycles. The Morgan fingerprint density at radius 1 is 1.28 bits per heavy atom. The van der Waals surface area contributed by atoms with Crippen molar-refractivity contribution in [2.24, 2.45) is 0 Å². The minimum Gasteiger partial charge on any atom is -0.351 e. The minimum absolute atomic E-state index is 0.176. The summed E-state index contributed by atoms with van der Waals surface area (Å²) in [5.41, 5.74) is 1.17. The Morgan fingerprint density at radius 2 is 2.00 bits per heavy atom. The predicted octanol–water partition coefficient (Wildman–Crippen LogP) is 3.42. The normalized spacial score (nSPS) is 10.3. The molecule has 1 heterocycles. The molecule has 0 aliphatic heterocycles. The lowest BCUT2D eigenvalue weighted by atomic mass is 10.1. The van der Waals surface area contributed by atoms with Gasteiger partial charge in [0.1, 0.15) is 9.90 Å². The van der Waals surface area contributed by atoms with Gasteiger partial charge >= 0.3 is 0 Å². The molecule has 94 valence electrons. The highest BCUT2D eigenvalue weighted by molar-refractivity contribution is 7.09. The van der Waals surface area contributed by atoms with Crippen molar-refractivity contribution in [1.29, 1.82) is 0 Å². The van der Waals surface area contributed by atoms with Crippen LogP contribution in [0.25, 0.3) is 0 Å². The molecule has 1 aromatic carbocycles. The highest BCUT2D eigenvalue weighted by Gasteiger charge is 2.16. The molecule has 0 spiro atoms. The third-order valence-electron chi connectivity index (χ3n) is 2.35. The molecule has 3 nitrogen and oxygen atoms in total. The van der Waals surface area contributed by atoms with Crippen molar-refractivity contribution in [3.05, 3.63) is 50.9 Å². The molecule has 2 aromatic rings. The summed E-state index contributed by atoms with van der Waals surface area (Å²) in [5.74, 6) is -0.236. The summed E-state index contributed by atoms with van der Waals surface area (Å²) in [4.78, 5) is 12.1. The summed E-state index contributed by atoms with van der Waals surface area (Å²) < 4.78 is 3.82. The average molecular weight is 301 g/mol. The van der Waals surface area contributed by atoms with Gasteiger partial charge in [-0.05, 0) is 23.5 Å². The van der Waals surface area contributed by atoms with Crippen LogP contribution in [-0.4, -0.2) is 16.8 Å². The molecular weight excluding hydrogens is 291 g/mol. The van der Waals surface area contributed by atoms with E-state index in [0.29, 0.717) is 11.4 Å². The fraction of sp³-hybridized carbons (Fsp3) is 0.167. The minimum atomic E-state index is -0.236. The number of hydrogen-bond acceptors (Lipinski definition) is 3. The van der Waals surface area contributed by atoms with E-state index >= 15 is 0 Å². The van der Waals surface area contributed by atoms with Crippen molar-refractivity contribution in [1.82, 2.24) is 9.69 Å². The maximum absolute atomic E-state index is 11.8. The quantitative estimate of drug-likeness (QED) is 0.940. The summed E-state index contributed by atoms with van der Waals surface area (Å²) in [7, 11) is 0. The molecule has 6 heteroatoms. The van der Waals surface area contributed by atoms with Crippen molar-refractivity contribution >= 4 is 40.6 Å². The predicted molar refractivity (Wildman–Crippen MR) is 74.6 cm³/mol. The van der Waals surface area contributed by atoms with E-state index in [1.807, 2.05) is 30.3 Å².